The van der Waals surface area contributed by atoms with E-state index in [2.05, 4.69) is 0 Å². The van der Waals surface area contributed by atoms with E-state index in [9.17, 15) is 4.39 Å². The first-order valence-electron chi connectivity index (χ1n) is 4.33. The minimum absolute atomic E-state index is 0.166. The second-order valence-electron chi connectivity index (χ2n) is 2.90. The lowest BCUT2D eigenvalue weighted by molar-refractivity contribution is 0.625. The van der Waals surface area contributed by atoms with Gasteiger partial charge in [0.15, 0.2) is 0 Å². The fourth-order valence-corrected chi connectivity index (χ4v) is 2.02. The summed E-state index contributed by atoms with van der Waals surface area (Å²) < 4.78 is 12.7. The zero-order chi connectivity index (χ0) is 9.68. The van der Waals surface area contributed by atoms with Crippen LogP contribution < -0.4 is 5.73 Å². The van der Waals surface area contributed by atoms with E-state index in [0.717, 1.165) is 22.6 Å². The van der Waals surface area contributed by atoms with E-state index in [0.29, 0.717) is 6.54 Å². The molecule has 1 nitrogen and oxygen atoms in total. The molecule has 0 aliphatic rings. The van der Waals surface area contributed by atoms with Gasteiger partial charge in [0.05, 0.1) is 0 Å². The maximum atomic E-state index is 12.7. The Morgan fingerprint density at radius 1 is 1.46 bits per heavy atom. The van der Waals surface area contributed by atoms with Crippen LogP contribution in [0.4, 0.5) is 4.39 Å². The monoisotopic (exact) mass is 199 g/mol. The smallest absolute Gasteiger partial charge is 0.123 e. The molecule has 0 radical (unpaired) electrons. The van der Waals surface area contributed by atoms with Crippen molar-refractivity contribution in [1.29, 1.82) is 0 Å². The molecule has 0 amide bonds. The third-order valence-electron chi connectivity index (χ3n) is 1.74. The maximum Gasteiger partial charge on any atom is 0.123 e. The highest BCUT2D eigenvalue weighted by Gasteiger charge is 1.99. The van der Waals surface area contributed by atoms with Crippen molar-refractivity contribution in [2.45, 2.75) is 18.2 Å². The number of rotatable bonds is 4. The molecule has 1 aromatic carbocycles. The lowest BCUT2D eigenvalue weighted by atomic mass is 10.2. The molecular weight excluding hydrogens is 185 g/mol. The number of halogens is 1. The van der Waals surface area contributed by atoms with E-state index in [1.165, 1.54) is 6.07 Å². The average Bonchev–Trinajstić information content (AvgIpc) is 2.09. The van der Waals surface area contributed by atoms with Crippen LogP contribution in [-0.4, -0.2) is 12.3 Å². The fraction of sp³-hybridized carbons (Fsp3) is 0.400. The molecule has 0 aromatic heterocycles. The highest BCUT2D eigenvalue weighted by atomic mass is 32.2. The first-order chi connectivity index (χ1) is 6.24. The molecule has 0 saturated heterocycles. The van der Waals surface area contributed by atoms with Crippen LogP contribution in [0.5, 0.6) is 0 Å². The molecule has 72 valence electrons. The van der Waals surface area contributed by atoms with E-state index >= 15 is 0 Å². The first-order valence-corrected chi connectivity index (χ1v) is 5.31. The van der Waals surface area contributed by atoms with Crippen LogP contribution in [0.2, 0.25) is 0 Å². The van der Waals surface area contributed by atoms with Crippen molar-refractivity contribution >= 4 is 11.8 Å². The number of thioether (sulfide) groups is 1. The zero-order valence-electron chi connectivity index (χ0n) is 7.72. The summed E-state index contributed by atoms with van der Waals surface area (Å²) in [6, 6.07) is 4.88. The van der Waals surface area contributed by atoms with Gasteiger partial charge in [0.25, 0.3) is 0 Å². The molecule has 0 atom stereocenters. The molecular formula is C10H14FNS. The summed E-state index contributed by atoms with van der Waals surface area (Å²) in [5.74, 6) is 0.837. The van der Waals surface area contributed by atoms with Crippen LogP contribution >= 0.6 is 11.8 Å². The molecule has 1 rings (SSSR count). The summed E-state index contributed by atoms with van der Waals surface area (Å²) in [5, 5.41) is 0. The molecule has 0 aliphatic carbocycles. The van der Waals surface area contributed by atoms with Gasteiger partial charge in [0.1, 0.15) is 5.82 Å². The van der Waals surface area contributed by atoms with Crippen molar-refractivity contribution in [3.8, 4) is 0 Å². The topological polar surface area (TPSA) is 26.0 Å². The van der Waals surface area contributed by atoms with Gasteiger partial charge in [-0.05, 0) is 49.4 Å². The van der Waals surface area contributed by atoms with Gasteiger partial charge >= 0.3 is 0 Å². The molecule has 0 saturated carbocycles. The summed E-state index contributed by atoms with van der Waals surface area (Å²) >= 11 is 1.73. The molecule has 1 aromatic rings. The quantitative estimate of drug-likeness (QED) is 0.596. The van der Waals surface area contributed by atoms with E-state index in [-0.39, 0.29) is 5.82 Å². The summed E-state index contributed by atoms with van der Waals surface area (Å²) in [5.41, 5.74) is 6.38. The largest absolute Gasteiger partial charge is 0.330 e. The van der Waals surface area contributed by atoms with E-state index in [1.54, 1.807) is 17.8 Å². The normalized spacial score (nSPS) is 10.4. The number of hydrogen-bond acceptors (Lipinski definition) is 2. The number of hydrogen-bond donors (Lipinski definition) is 1. The molecule has 0 fully saturated rings. The van der Waals surface area contributed by atoms with Gasteiger partial charge in [0.2, 0.25) is 0 Å². The molecule has 0 spiro atoms. The molecule has 2 N–H and O–H groups in total. The first kappa shape index (κ1) is 10.5. The van der Waals surface area contributed by atoms with E-state index in [1.807, 2.05) is 13.0 Å². The Labute approximate surface area is 82.5 Å². The summed E-state index contributed by atoms with van der Waals surface area (Å²) in [4.78, 5) is 1.15. The standard InChI is InChI=1S/C10H14FNS/c1-8-7-9(11)3-4-10(8)13-6-2-5-12/h3-4,7H,2,5-6,12H2,1H3. The Kier molecular flexibility index (Phi) is 4.25. The molecule has 0 bridgehead atoms. The molecule has 0 aliphatic heterocycles. The van der Waals surface area contributed by atoms with Crippen molar-refractivity contribution in [1.82, 2.24) is 0 Å². The average molecular weight is 199 g/mol. The molecule has 0 unspecified atom stereocenters. The van der Waals surface area contributed by atoms with Crippen molar-refractivity contribution in [2.75, 3.05) is 12.3 Å². The summed E-state index contributed by atoms with van der Waals surface area (Å²) in [6.07, 6.45) is 1.00. The second-order valence-corrected chi connectivity index (χ2v) is 4.04. The zero-order valence-corrected chi connectivity index (χ0v) is 8.53. The predicted octanol–water partition coefficient (Wildman–Crippen LogP) is 2.58. The van der Waals surface area contributed by atoms with Crippen LogP contribution in [-0.2, 0) is 0 Å². The third kappa shape index (κ3) is 3.36. The van der Waals surface area contributed by atoms with Crippen LogP contribution in [0, 0.1) is 12.7 Å². The number of nitrogens with two attached hydrogens (primary N) is 1. The lowest BCUT2D eigenvalue weighted by Crippen LogP contribution is -1.99. The van der Waals surface area contributed by atoms with Crippen molar-refractivity contribution < 1.29 is 4.39 Å². The van der Waals surface area contributed by atoms with Gasteiger partial charge in [-0.2, -0.15) is 0 Å². The van der Waals surface area contributed by atoms with Gasteiger partial charge in [-0.1, -0.05) is 0 Å². The summed E-state index contributed by atoms with van der Waals surface area (Å²) in [6.45, 7) is 2.64. The number of benzene rings is 1. The number of aryl methyl sites for hydroxylation is 1. The fourth-order valence-electron chi connectivity index (χ4n) is 1.04. The Morgan fingerprint density at radius 3 is 2.85 bits per heavy atom. The predicted molar refractivity (Wildman–Crippen MR) is 55.5 cm³/mol. The van der Waals surface area contributed by atoms with Crippen LogP contribution in [0.25, 0.3) is 0 Å². The minimum Gasteiger partial charge on any atom is -0.330 e. The van der Waals surface area contributed by atoms with Gasteiger partial charge in [-0.25, -0.2) is 4.39 Å². The van der Waals surface area contributed by atoms with Gasteiger partial charge < -0.3 is 5.73 Å². The lowest BCUT2D eigenvalue weighted by Gasteiger charge is -2.04. The minimum atomic E-state index is -0.166. The van der Waals surface area contributed by atoms with Crippen molar-refractivity contribution in [3.63, 3.8) is 0 Å². The van der Waals surface area contributed by atoms with E-state index in [4.69, 9.17) is 5.73 Å². The highest BCUT2D eigenvalue weighted by molar-refractivity contribution is 7.99. The molecule has 0 heterocycles. The van der Waals surface area contributed by atoms with E-state index < -0.39 is 0 Å². The van der Waals surface area contributed by atoms with Gasteiger partial charge in [-0.3, -0.25) is 0 Å². The Balaban J connectivity index is 2.56. The van der Waals surface area contributed by atoms with Crippen molar-refractivity contribution in [3.05, 3.63) is 29.6 Å². The van der Waals surface area contributed by atoms with Gasteiger partial charge in [-0.15, -0.1) is 11.8 Å². The third-order valence-corrected chi connectivity index (χ3v) is 3.00. The summed E-state index contributed by atoms with van der Waals surface area (Å²) in [7, 11) is 0. The molecule has 13 heavy (non-hydrogen) atoms. The Bertz CT molecular complexity index is 276. The maximum absolute atomic E-state index is 12.7. The van der Waals surface area contributed by atoms with Crippen LogP contribution in [0.1, 0.15) is 12.0 Å². The van der Waals surface area contributed by atoms with Crippen molar-refractivity contribution in [2.24, 2.45) is 5.73 Å². The van der Waals surface area contributed by atoms with Gasteiger partial charge in [0, 0.05) is 4.90 Å². The molecule has 3 heteroatoms. The van der Waals surface area contributed by atoms with Crippen LogP contribution in [0.15, 0.2) is 23.1 Å². The van der Waals surface area contributed by atoms with Crippen LogP contribution in [0.3, 0.4) is 0 Å². The Morgan fingerprint density at radius 2 is 2.23 bits per heavy atom. The second kappa shape index (κ2) is 5.25. The Hall–Kier alpha value is -0.540. The highest BCUT2D eigenvalue weighted by Crippen LogP contribution is 2.23. The SMILES string of the molecule is Cc1cc(F)ccc1SCCCN.